The molecule has 0 atom stereocenters. The molecule has 40 nitrogen and oxygen atoms in total. The normalized spacial score (nSPS) is 14.1. The van der Waals surface area contributed by atoms with Gasteiger partial charge in [-0.1, -0.05) is 28.1 Å². The van der Waals surface area contributed by atoms with Gasteiger partial charge in [0.15, 0.2) is 0 Å². The number of nitrogens with zero attached hydrogens (tertiary/aromatic N) is 1. The first kappa shape index (κ1) is 129. The lowest BCUT2D eigenvalue weighted by Gasteiger charge is -2.34. The molecule has 2 aromatic rings. The topological polar surface area (TPSA) is 371 Å². The minimum Gasteiger partial charge on any atom is -0.399 e. The Morgan fingerprint density at radius 3 is 0.634 bits per heavy atom. The first-order valence-electron chi connectivity index (χ1n) is 51.1. The average molecular weight is 2110 g/mol. The summed E-state index contributed by atoms with van der Waals surface area (Å²) in [5, 5.41) is 0. The van der Waals surface area contributed by atoms with E-state index in [-0.39, 0.29) is 5.91 Å². The van der Waals surface area contributed by atoms with Crippen LogP contribution in [0.1, 0.15) is 88.5 Å². The van der Waals surface area contributed by atoms with Crippen molar-refractivity contribution in [3.63, 3.8) is 0 Å². The monoisotopic (exact) mass is 2110 g/mol. The summed E-state index contributed by atoms with van der Waals surface area (Å²) in [5.74, 6) is 0.0452. The second-order valence-corrected chi connectivity index (χ2v) is 34.4. The van der Waals surface area contributed by atoms with Crippen molar-refractivity contribution in [2.75, 3.05) is 477 Å². The van der Waals surface area contributed by atoms with Crippen molar-refractivity contribution in [1.29, 1.82) is 0 Å². The number of benzene rings is 2. The van der Waals surface area contributed by atoms with Gasteiger partial charge in [0.05, 0.1) is 447 Å². The average Bonchev–Trinajstić information content (AvgIpc) is 1.53. The predicted molar refractivity (Wildman–Crippen MR) is 531 cm³/mol. The van der Waals surface area contributed by atoms with E-state index in [1.165, 1.54) is 22.3 Å². The Morgan fingerprint density at radius 2 is 0.430 bits per heavy atom. The van der Waals surface area contributed by atoms with Crippen LogP contribution < -0.4 is 5.46 Å². The van der Waals surface area contributed by atoms with Gasteiger partial charge < -0.3 is 185 Å². The van der Waals surface area contributed by atoms with Crippen LogP contribution in [-0.4, -0.2) is 506 Å². The first-order valence-corrected chi connectivity index (χ1v) is 51.9. The molecule has 5 rings (SSSR count). The number of halogens is 1. The summed E-state index contributed by atoms with van der Waals surface area (Å²) >= 11 is 3.99. The van der Waals surface area contributed by atoms with Crippen molar-refractivity contribution < 1.29 is 185 Å². The highest BCUT2D eigenvalue weighted by molar-refractivity contribution is 9.10. The number of hydrogen-bond donors (Lipinski definition) is 0. The van der Waals surface area contributed by atoms with Gasteiger partial charge in [0.2, 0.25) is 5.91 Å². The Balaban J connectivity index is 0.975. The fourth-order valence-electron chi connectivity index (χ4n) is 14.3. The summed E-state index contributed by atoms with van der Waals surface area (Å²) in [6.07, 6.45) is 3.93. The highest BCUT2D eigenvalue weighted by Gasteiger charge is 2.53. The van der Waals surface area contributed by atoms with Crippen molar-refractivity contribution in [2.24, 2.45) is 0 Å². The molecule has 1 amide bonds. The number of ether oxygens (including phenoxy) is 36. The number of amides is 1. The van der Waals surface area contributed by atoms with E-state index in [9.17, 15) is 4.79 Å². The number of rotatable bonds is 112. The molecule has 1 aliphatic carbocycles. The molecule has 2 heterocycles. The fraction of sp³-hybridized carbons (Fsp3) is 0.870. The van der Waals surface area contributed by atoms with Crippen LogP contribution in [-0.2, 0) is 203 Å². The molecular formula is C100H179BBrNO39. The van der Waals surface area contributed by atoms with Crippen molar-refractivity contribution in [2.45, 2.75) is 95.9 Å². The van der Waals surface area contributed by atoms with Gasteiger partial charge in [0.1, 0.15) is 0 Å². The van der Waals surface area contributed by atoms with Crippen LogP contribution in [0.15, 0.2) is 28.7 Å². The zero-order valence-electron chi connectivity index (χ0n) is 87.1. The Labute approximate surface area is 855 Å². The van der Waals surface area contributed by atoms with Gasteiger partial charge in [0.25, 0.3) is 0 Å². The van der Waals surface area contributed by atoms with E-state index in [1.54, 1.807) is 21.3 Å². The van der Waals surface area contributed by atoms with Crippen LogP contribution in [0.5, 0.6) is 0 Å². The SMILES string of the molecule is COCCOCCOCCOCCOCCOCCOCCOCCOCCOCCOCCOCCCC(=O)N1Cc2cc(Br)cc3c2-c2c(cc(B4OC(C)(C)C(C)(C)O4)cc2C3(CCCOCCOCCOCCOCCOCCOCCOCCOCCOCCOCCOCCOC)CCCOCCOCCOCCOCCOCCOCCOCCOCCOCCOCCOCCOC)C1. The molecule has 0 unspecified atom stereocenters. The summed E-state index contributed by atoms with van der Waals surface area (Å²) in [6, 6.07) is 9.01. The summed E-state index contributed by atoms with van der Waals surface area (Å²) < 4.78 is 216. The third kappa shape index (κ3) is 65.9. The van der Waals surface area contributed by atoms with Gasteiger partial charge in [0, 0.05) is 70.5 Å². The van der Waals surface area contributed by atoms with E-state index in [4.69, 9.17) is 180 Å². The second kappa shape index (κ2) is 92.8. The van der Waals surface area contributed by atoms with Gasteiger partial charge in [-0.25, -0.2) is 0 Å². The van der Waals surface area contributed by atoms with Gasteiger partial charge in [-0.15, -0.1) is 0 Å². The third-order valence-electron chi connectivity index (χ3n) is 22.2. The molecule has 0 saturated carbocycles. The molecule has 0 spiro atoms. The van der Waals surface area contributed by atoms with Crippen LogP contribution in [0, 0.1) is 0 Å². The smallest absolute Gasteiger partial charge is 0.399 e. The maximum Gasteiger partial charge on any atom is 0.494 e. The van der Waals surface area contributed by atoms with Crippen molar-refractivity contribution in [3.8, 4) is 11.1 Å². The Hall–Kier alpha value is -3.07. The lowest BCUT2D eigenvalue weighted by Crippen LogP contribution is -2.41. The summed E-state index contributed by atoms with van der Waals surface area (Å²) in [4.78, 5) is 16.6. The Kier molecular flexibility index (Phi) is 84.6. The molecule has 3 aliphatic rings. The summed E-state index contributed by atoms with van der Waals surface area (Å²) in [5.41, 5.74) is 6.15. The lowest BCUT2D eigenvalue weighted by molar-refractivity contribution is -0.132. The van der Waals surface area contributed by atoms with Crippen molar-refractivity contribution >= 4 is 34.4 Å². The van der Waals surface area contributed by atoms with E-state index < -0.39 is 23.7 Å². The molecule has 2 aromatic carbocycles. The molecule has 2 aliphatic heterocycles. The van der Waals surface area contributed by atoms with Crippen LogP contribution in [0.3, 0.4) is 0 Å². The Morgan fingerprint density at radius 1 is 0.254 bits per heavy atom. The van der Waals surface area contributed by atoms with E-state index >= 15 is 0 Å². The second-order valence-electron chi connectivity index (χ2n) is 33.5. The maximum atomic E-state index is 14.6. The minimum atomic E-state index is -0.649. The molecular weight excluding hydrogens is 1930 g/mol. The molecule has 1 saturated heterocycles. The van der Waals surface area contributed by atoms with E-state index in [0.29, 0.717) is 482 Å². The first-order chi connectivity index (χ1) is 70.0. The highest BCUT2D eigenvalue weighted by atomic mass is 79.9. The number of carbonyl (C=O) groups is 1. The van der Waals surface area contributed by atoms with Gasteiger partial charge >= 0.3 is 7.12 Å². The van der Waals surface area contributed by atoms with Crippen LogP contribution in [0.2, 0.25) is 0 Å². The van der Waals surface area contributed by atoms with Crippen molar-refractivity contribution in [3.05, 3.63) is 51.0 Å². The largest absolute Gasteiger partial charge is 0.494 e. The van der Waals surface area contributed by atoms with E-state index in [0.717, 1.165) is 46.7 Å². The number of hydrogen-bond acceptors (Lipinski definition) is 39. The van der Waals surface area contributed by atoms with Crippen molar-refractivity contribution in [1.82, 2.24) is 4.90 Å². The zero-order valence-corrected chi connectivity index (χ0v) is 88.7. The summed E-state index contributed by atoms with van der Waals surface area (Å²) in [7, 11) is 4.28. The number of carbonyl (C=O) groups excluding carboxylic acids is 1. The molecule has 1 fully saturated rings. The molecule has 0 N–H and O–H groups in total. The van der Waals surface area contributed by atoms with Gasteiger partial charge in [-0.2, -0.15) is 0 Å². The van der Waals surface area contributed by atoms with Gasteiger partial charge in [-0.3, -0.25) is 4.79 Å². The van der Waals surface area contributed by atoms with E-state index in [2.05, 4.69) is 67.9 Å². The summed E-state index contributed by atoms with van der Waals surface area (Å²) in [6.45, 7) is 42.1. The Bertz CT molecular complexity index is 3070. The van der Waals surface area contributed by atoms with Crippen LogP contribution in [0.4, 0.5) is 0 Å². The third-order valence-corrected chi connectivity index (χ3v) is 22.7. The lowest BCUT2D eigenvalue weighted by atomic mass is 9.68. The predicted octanol–water partition coefficient (Wildman–Crippen LogP) is 6.68. The maximum absolute atomic E-state index is 14.6. The number of methoxy groups -OCH3 is 3. The fourth-order valence-corrected chi connectivity index (χ4v) is 14.8. The molecule has 0 bridgehead atoms. The van der Waals surface area contributed by atoms with Crippen LogP contribution in [0.25, 0.3) is 11.1 Å². The quantitative estimate of drug-likeness (QED) is 0.0492. The van der Waals surface area contributed by atoms with Gasteiger partial charge in [-0.05, 0) is 111 Å². The molecule has 0 aromatic heterocycles. The molecule has 0 radical (unpaired) electrons. The standard InChI is InChI=1S/C100H179BBrNO39/c1-98(2)99(3,4)142-101(141-98)91-83-89-87-103(95(104)11-8-14-108-23-26-114-35-38-120-47-50-126-59-62-132-71-74-138-80-77-135-68-65-129-56-53-123-44-41-117-32-29-111-20-17-105-5)88-90-84-92(102)86-94-97(90)96(89)93(85-91)100(94,12-9-15-109-24-27-115-36-39-121-48-51-127-60-63-133-72-75-139-81-78-136-69-66-130-57-54-124-45-42-118-33-30-112-21-18-106-6)13-10-16-110-25-28-116-37-40-122-49-52-128-61-64-134-73-76-140-82-79-137-70-67-131-58-55-125-46-43-119-34-31-113-22-19-107-7/h83-86H,8-82,87-88H2,1-7H3. The van der Waals surface area contributed by atoms with Crippen LogP contribution >= 0.6 is 15.9 Å². The minimum absolute atomic E-state index is 0.0452. The molecule has 828 valence electrons. The molecule has 42 heteroatoms. The highest BCUT2D eigenvalue weighted by Crippen LogP contribution is 2.58. The zero-order chi connectivity index (χ0) is 101. The molecule has 142 heavy (non-hydrogen) atoms. The van der Waals surface area contributed by atoms with E-state index in [1.807, 2.05) is 4.90 Å².